The fourth-order valence-corrected chi connectivity index (χ4v) is 1.95. The molecule has 0 unspecified atom stereocenters. The van der Waals surface area contributed by atoms with Crippen LogP contribution in [-0.4, -0.2) is 34.3 Å². The number of nitrogens with zero attached hydrogens (tertiary/aromatic N) is 4. The lowest BCUT2D eigenvalue weighted by Gasteiger charge is -2.12. The molecule has 0 atom stereocenters. The van der Waals surface area contributed by atoms with Crippen LogP contribution in [0.3, 0.4) is 0 Å². The van der Waals surface area contributed by atoms with Crippen LogP contribution in [-0.2, 0) is 13.1 Å². The zero-order valence-electron chi connectivity index (χ0n) is 13.6. The first-order valence-corrected chi connectivity index (χ1v) is 7.48. The number of guanidine groups is 1. The Balaban J connectivity index is 0.00000400. The summed E-state index contributed by atoms with van der Waals surface area (Å²) in [6, 6.07) is 0. The Labute approximate surface area is 145 Å². The number of halogens is 1. The molecule has 0 saturated carbocycles. The average molecular weight is 408 g/mol. The number of hydrogen-bond donors (Lipinski definition) is 2. The van der Waals surface area contributed by atoms with E-state index in [9.17, 15) is 0 Å². The standard InChI is InChI=1S/C14H28N6.HI/c1-5-20-11-18-19-13(20)10-17-14(15-4)16-9-7-6-8-12(2)3;/h11-12H,5-10H2,1-4H3,(H2,15,16,17);1H. The molecule has 0 aliphatic heterocycles. The predicted molar refractivity (Wildman–Crippen MR) is 98.0 cm³/mol. The van der Waals surface area contributed by atoms with E-state index in [1.807, 2.05) is 4.57 Å². The number of nitrogens with one attached hydrogen (secondary N) is 2. The first-order chi connectivity index (χ1) is 9.67. The second kappa shape index (κ2) is 11.8. The zero-order chi connectivity index (χ0) is 14.8. The minimum atomic E-state index is 0. The fraction of sp³-hybridized carbons (Fsp3) is 0.786. The summed E-state index contributed by atoms with van der Waals surface area (Å²) in [7, 11) is 1.79. The number of rotatable bonds is 8. The number of aryl methyl sites for hydroxylation is 1. The maximum Gasteiger partial charge on any atom is 0.191 e. The quantitative estimate of drug-likeness (QED) is 0.300. The minimum absolute atomic E-state index is 0. The fourth-order valence-electron chi connectivity index (χ4n) is 1.95. The molecule has 122 valence electrons. The van der Waals surface area contributed by atoms with E-state index in [0.717, 1.165) is 30.8 Å². The van der Waals surface area contributed by atoms with E-state index in [2.05, 4.69) is 46.6 Å². The van der Waals surface area contributed by atoms with Crippen molar-refractivity contribution in [1.29, 1.82) is 0 Å². The number of aromatic nitrogens is 3. The molecule has 0 saturated heterocycles. The molecule has 0 radical (unpaired) electrons. The van der Waals surface area contributed by atoms with Gasteiger partial charge in [0.1, 0.15) is 6.33 Å². The van der Waals surface area contributed by atoms with Crippen LogP contribution in [0.4, 0.5) is 0 Å². The maximum absolute atomic E-state index is 4.21. The maximum atomic E-state index is 4.21. The second-order valence-electron chi connectivity index (χ2n) is 5.28. The van der Waals surface area contributed by atoms with Crippen molar-refractivity contribution in [2.24, 2.45) is 10.9 Å². The lowest BCUT2D eigenvalue weighted by molar-refractivity contribution is 0.534. The Morgan fingerprint density at radius 3 is 2.71 bits per heavy atom. The molecular formula is C14H29IN6. The smallest absolute Gasteiger partial charge is 0.191 e. The lowest BCUT2D eigenvalue weighted by atomic mass is 10.1. The van der Waals surface area contributed by atoms with E-state index in [4.69, 9.17) is 0 Å². The Morgan fingerprint density at radius 2 is 2.10 bits per heavy atom. The van der Waals surface area contributed by atoms with Crippen LogP contribution in [0, 0.1) is 5.92 Å². The van der Waals surface area contributed by atoms with Crippen LogP contribution in [0.5, 0.6) is 0 Å². The minimum Gasteiger partial charge on any atom is -0.356 e. The van der Waals surface area contributed by atoms with Gasteiger partial charge in [-0.25, -0.2) is 0 Å². The summed E-state index contributed by atoms with van der Waals surface area (Å²) >= 11 is 0. The molecule has 6 nitrogen and oxygen atoms in total. The Hall–Kier alpha value is -0.860. The van der Waals surface area contributed by atoms with Crippen LogP contribution < -0.4 is 10.6 Å². The third-order valence-corrected chi connectivity index (χ3v) is 3.17. The number of hydrogen-bond acceptors (Lipinski definition) is 3. The largest absolute Gasteiger partial charge is 0.356 e. The molecule has 21 heavy (non-hydrogen) atoms. The highest BCUT2D eigenvalue weighted by molar-refractivity contribution is 14.0. The van der Waals surface area contributed by atoms with Gasteiger partial charge in [0.2, 0.25) is 0 Å². The highest BCUT2D eigenvalue weighted by Crippen LogP contribution is 2.04. The summed E-state index contributed by atoms with van der Waals surface area (Å²) < 4.78 is 2.02. The van der Waals surface area contributed by atoms with Crippen molar-refractivity contribution in [3.05, 3.63) is 12.2 Å². The van der Waals surface area contributed by atoms with Crippen LogP contribution in [0.1, 0.15) is 45.9 Å². The topological polar surface area (TPSA) is 67.1 Å². The van der Waals surface area contributed by atoms with Gasteiger partial charge in [-0.2, -0.15) is 0 Å². The van der Waals surface area contributed by atoms with E-state index >= 15 is 0 Å². The third-order valence-electron chi connectivity index (χ3n) is 3.17. The third kappa shape index (κ3) is 8.23. The van der Waals surface area contributed by atoms with Crippen molar-refractivity contribution >= 4 is 29.9 Å². The van der Waals surface area contributed by atoms with E-state index < -0.39 is 0 Å². The van der Waals surface area contributed by atoms with Gasteiger partial charge in [0, 0.05) is 20.1 Å². The van der Waals surface area contributed by atoms with Crippen molar-refractivity contribution in [1.82, 2.24) is 25.4 Å². The molecule has 0 aromatic carbocycles. The van der Waals surface area contributed by atoms with Gasteiger partial charge in [-0.15, -0.1) is 34.2 Å². The van der Waals surface area contributed by atoms with Crippen molar-refractivity contribution in [3.8, 4) is 0 Å². The molecule has 1 rings (SSSR count). The monoisotopic (exact) mass is 408 g/mol. The highest BCUT2D eigenvalue weighted by Gasteiger charge is 2.03. The van der Waals surface area contributed by atoms with Gasteiger partial charge >= 0.3 is 0 Å². The Morgan fingerprint density at radius 1 is 1.33 bits per heavy atom. The van der Waals surface area contributed by atoms with Gasteiger partial charge in [-0.1, -0.05) is 26.7 Å². The van der Waals surface area contributed by atoms with Crippen LogP contribution >= 0.6 is 24.0 Å². The molecule has 0 bridgehead atoms. The van der Waals surface area contributed by atoms with E-state index in [-0.39, 0.29) is 24.0 Å². The molecule has 1 aromatic heterocycles. The molecule has 0 fully saturated rings. The average Bonchev–Trinajstić information content (AvgIpc) is 2.89. The van der Waals surface area contributed by atoms with Gasteiger partial charge < -0.3 is 15.2 Å². The first-order valence-electron chi connectivity index (χ1n) is 7.48. The van der Waals surface area contributed by atoms with Crippen molar-refractivity contribution in [2.45, 2.75) is 53.1 Å². The summed E-state index contributed by atoms with van der Waals surface area (Å²) in [4.78, 5) is 4.21. The molecule has 7 heteroatoms. The molecule has 2 N–H and O–H groups in total. The summed E-state index contributed by atoms with van der Waals surface area (Å²) in [5.41, 5.74) is 0. The SMILES string of the molecule is CCn1cnnc1CNC(=NC)NCCCCC(C)C.I. The second-order valence-corrected chi connectivity index (χ2v) is 5.28. The van der Waals surface area contributed by atoms with Crippen molar-refractivity contribution in [3.63, 3.8) is 0 Å². The lowest BCUT2D eigenvalue weighted by Crippen LogP contribution is -2.37. The normalized spacial score (nSPS) is 11.4. The molecular weight excluding hydrogens is 379 g/mol. The molecule has 0 aliphatic rings. The van der Waals surface area contributed by atoms with E-state index in [1.54, 1.807) is 13.4 Å². The van der Waals surface area contributed by atoms with E-state index in [1.165, 1.54) is 19.3 Å². The molecule has 0 amide bonds. The van der Waals surface area contributed by atoms with Crippen LogP contribution in [0.2, 0.25) is 0 Å². The molecule has 1 heterocycles. The number of aliphatic imine (C=N–C) groups is 1. The Bertz CT molecular complexity index is 402. The predicted octanol–water partition coefficient (Wildman–Crippen LogP) is 2.41. The molecule has 0 spiro atoms. The summed E-state index contributed by atoms with van der Waals surface area (Å²) in [5.74, 6) is 2.53. The van der Waals surface area contributed by atoms with Gasteiger partial charge in [0.15, 0.2) is 11.8 Å². The Kier molecular flexibility index (Phi) is 11.3. The summed E-state index contributed by atoms with van der Waals surface area (Å²) in [5, 5.41) is 14.6. The van der Waals surface area contributed by atoms with Gasteiger partial charge in [0.25, 0.3) is 0 Å². The van der Waals surface area contributed by atoms with Gasteiger partial charge in [-0.3, -0.25) is 4.99 Å². The van der Waals surface area contributed by atoms with E-state index in [0.29, 0.717) is 6.54 Å². The van der Waals surface area contributed by atoms with Crippen LogP contribution in [0.25, 0.3) is 0 Å². The van der Waals surface area contributed by atoms with Gasteiger partial charge in [-0.05, 0) is 19.3 Å². The molecule has 0 aliphatic carbocycles. The first kappa shape index (κ1) is 20.1. The van der Waals surface area contributed by atoms with Crippen LogP contribution in [0.15, 0.2) is 11.3 Å². The van der Waals surface area contributed by atoms with Gasteiger partial charge in [0.05, 0.1) is 6.54 Å². The van der Waals surface area contributed by atoms with Crippen molar-refractivity contribution < 1.29 is 0 Å². The van der Waals surface area contributed by atoms with Crippen molar-refractivity contribution in [2.75, 3.05) is 13.6 Å². The molecule has 1 aromatic rings. The summed E-state index contributed by atoms with van der Waals surface area (Å²) in [6.45, 7) is 9.07. The number of unbranched alkanes of at least 4 members (excludes halogenated alkanes) is 1. The highest BCUT2D eigenvalue weighted by atomic mass is 127. The summed E-state index contributed by atoms with van der Waals surface area (Å²) in [6.07, 6.45) is 5.46. The zero-order valence-corrected chi connectivity index (χ0v) is 15.9.